The van der Waals surface area contributed by atoms with Crippen LogP contribution in [0, 0.1) is 5.92 Å². The van der Waals surface area contributed by atoms with E-state index in [0.29, 0.717) is 12.2 Å². The van der Waals surface area contributed by atoms with E-state index in [1.807, 2.05) is 13.8 Å². The van der Waals surface area contributed by atoms with Crippen LogP contribution in [0.2, 0.25) is 0 Å². The zero-order valence-corrected chi connectivity index (χ0v) is 13.8. The highest BCUT2D eigenvalue weighted by Gasteiger charge is 2.35. The van der Waals surface area contributed by atoms with Crippen molar-refractivity contribution in [1.82, 2.24) is 4.90 Å². The van der Waals surface area contributed by atoms with Crippen molar-refractivity contribution in [3.05, 3.63) is 17.2 Å². The average Bonchev–Trinajstić information content (AvgIpc) is 2.95. The van der Waals surface area contributed by atoms with E-state index in [1.165, 1.54) is 5.56 Å². The summed E-state index contributed by atoms with van der Waals surface area (Å²) < 4.78 is 16.8. The summed E-state index contributed by atoms with van der Waals surface area (Å²) >= 11 is 0. The molecule has 0 fully saturated rings. The van der Waals surface area contributed by atoms with E-state index >= 15 is 0 Å². The van der Waals surface area contributed by atoms with E-state index in [-0.39, 0.29) is 24.9 Å². The van der Waals surface area contributed by atoms with Gasteiger partial charge in [0.05, 0.1) is 13.2 Å². The fourth-order valence-electron chi connectivity index (χ4n) is 3.32. The first kappa shape index (κ1) is 15.4. The molecule has 2 atom stereocenters. The predicted molar refractivity (Wildman–Crippen MR) is 83.7 cm³/mol. The molecule has 5 nitrogen and oxygen atoms in total. The average molecular weight is 307 g/mol. The molecule has 0 bridgehead atoms. The van der Waals surface area contributed by atoms with Crippen molar-refractivity contribution < 1.29 is 19.3 Å². The molecule has 3 rings (SSSR count). The van der Waals surface area contributed by atoms with Gasteiger partial charge in [-0.05, 0) is 37.4 Å². The van der Waals surface area contributed by atoms with E-state index in [4.69, 9.17) is 14.2 Å². The number of fused-ring (bicyclic) bond motifs is 2. The van der Waals surface area contributed by atoms with E-state index in [2.05, 4.69) is 18.0 Å². The molecular weight excluding hydrogens is 282 g/mol. The van der Waals surface area contributed by atoms with Crippen molar-refractivity contribution in [3.63, 3.8) is 0 Å². The van der Waals surface area contributed by atoms with Gasteiger partial charge in [-0.25, -0.2) is 0 Å². The summed E-state index contributed by atoms with van der Waals surface area (Å²) in [7, 11) is 3.77. The number of aliphatic hydroxyl groups excluding tert-OH is 1. The normalized spacial score (nSPS) is 21.8. The van der Waals surface area contributed by atoms with Gasteiger partial charge >= 0.3 is 0 Å². The van der Waals surface area contributed by atoms with Gasteiger partial charge in [-0.2, -0.15) is 0 Å². The molecule has 5 heteroatoms. The highest BCUT2D eigenvalue weighted by atomic mass is 16.7. The monoisotopic (exact) mass is 307 g/mol. The van der Waals surface area contributed by atoms with E-state index < -0.39 is 0 Å². The first-order valence-corrected chi connectivity index (χ1v) is 7.90. The van der Waals surface area contributed by atoms with Crippen molar-refractivity contribution in [2.75, 3.05) is 27.5 Å². The number of rotatable bonds is 4. The van der Waals surface area contributed by atoms with Crippen LogP contribution in [0.15, 0.2) is 6.07 Å². The largest absolute Gasteiger partial charge is 0.492 e. The molecule has 1 aromatic carbocycles. The maximum Gasteiger partial charge on any atom is 0.231 e. The van der Waals surface area contributed by atoms with Gasteiger partial charge in [0.15, 0.2) is 11.5 Å². The summed E-state index contributed by atoms with van der Waals surface area (Å²) in [6.45, 7) is 5.30. The number of ether oxygens (including phenoxy) is 3. The van der Waals surface area contributed by atoms with E-state index in [1.54, 1.807) is 7.11 Å². The number of aliphatic hydroxyl groups is 1. The SMILES string of the molecule is COc1c2c(cc3c1[C@H](CC(O)C(C)C)N(C)CC3)OCO2. The van der Waals surface area contributed by atoms with Crippen molar-refractivity contribution >= 4 is 0 Å². The molecule has 1 unspecified atom stereocenters. The Labute approximate surface area is 131 Å². The van der Waals surface area contributed by atoms with Crippen LogP contribution in [-0.2, 0) is 6.42 Å². The minimum absolute atomic E-state index is 0.130. The van der Waals surface area contributed by atoms with Gasteiger partial charge in [-0.1, -0.05) is 13.8 Å². The van der Waals surface area contributed by atoms with Gasteiger partial charge in [0.1, 0.15) is 0 Å². The van der Waals surface area contributed by atoms with Crippen LogP contribution in [0.4, 0.5) is 0 Å². The Bertz CT molecular complexity index is 558. The number of hydrogen-bond donors (Lipinski definition) is 1. The lowest BCUT2D eigenvalue weighted by Gasteiger charge is -2.37. The fraction of sp³-hybridized carbons (Fsp3) is 0.647. The van der Waals surface area contributed by atoms with Gasteiger partial charge in [0.2, 0.25) is 12.5 Å². The maximum absolute atomic E-state index is 10.4. The highest BCUT2D eigenvalue weighted by Crippen LogP contribution is 2.50. The molecule has 2 aliphatic rings. The maximum atomic E-state index is 10.4. The Morgan fingerprint density at radius 1 is 1.41 bits per heavy atom. The number of hydrogen-bond acceptors (Lipinski definition) is 5. The van der Waals surface area contributed by atoms with Crippen LogP contribution in [0.5, 0.6) is 17.2 Å². The van der Waals surface area contributed by atoms with Crippen LogP contribution < -0.4 is 14.2 Å². The number of nitrogens with zero attached hydrogens (tertiary/aromatic N) is 1. The van der Waals surface area contributed by atoms with Crippen LogP contribution in [0.3, 0.4) is 0 Å². The van der Waals surface area contributed by atoms with Gasteiger partial charge in [-0.15, -0.1) is 0 Å². The molecule has 2 aliphatic heterocycles. The summed E-state index contributed by atoms with van der Waals surface area (Å²) in [5, 5.41) is 10.4. The molecule has 0 spiro atoms. The molecule has 1 N–H and O–H groups in total. The molecule has 122 valence electrons. The topological polar surface area (TPSA) is 51.2 Å². The molecule has 2 heterocycles. The second-order valence-corrected chi connectivity index (χ2v) is 6.51. The molecular formula is C17H25NO4. The first-order chi connectivity index (χ1) is 10.5. The van der Waals surface area contributed by atoms with Crippen molar-refractivity contribution in [2.24, 2.45) is 5.92 Å². The zero-order valence-electron chi connectivity index (χ0n) is 13.8. The number of likely N-dealkylation sites (N-methyl/N-ethyl adjacent to an activating group) is 1. The summed E-state index contributed by atoms with van der Waals surface area (Å²) in [6.07, 6.45) is 1.30. The first-order valence-electron chi connectivity index (χ1n) is 7.90. The second-order valence-electron chi connectivity index (χ2n) is 6.51. The van der Waals surface area contributed by atoms with Gasteiger partial charge in [0, 0.05) is 18.2 Å². The smallest absolute Gasteiger partial charge is 0.231 e. The Balaban J connectivity index is 2.04. The third kappa shape index (κ3) is 2.52. The van der Waals surface area contributed by atoms with Gasteiger partial charge in [0.25, 0.3) is 0 Å². The van der Waals surface area contributed by atoms with Crippen LogP contribution in [0.1, 0.15) is 37.4 Å². The number of methoxy groups -OCH3 is 1. The zero-order chi connectivity index (χ0) is 15.9. The lowest BCUT2D eigenvalue weighted by Crippen LogP contribution is -2.35. The fourth-order valence-corrected chi connectivity index (χ4v) is 3.32. The lowest BCUT2D eigenvalue weighted by molar-refractivity contribution is 0.0741. The van der Waals surface area contributed by atoms with Gasteiger partial charge in [-0.3, -0.25) is 4.90 Å². The standard InChI is InChI=1S/C17H25NO4/c1-10(2)13(19)8-12-15-11(5-6-18(12)3)7-14-16(17(15)20-4)22-9-21-14/h7,10,12-13,19H,5-6,8-9H2,1-4H3/t12-,13?/m0/s1. The summed E-state index contributed by atoms with van der Waals surface area (Å²) in [5.74, 6) is 2.46. The minimum Gasteiger partial charge on any atom is -0.492 e. The Morgan fingerprint density at radius 2 is 2.18 bits per heavy atom. The number of benzene rings is 1. The highest BCUT2D eigenvalue weighted by molar-refractivity contribution is 5.61. The quantitative estimate of drug-likeness (QED) is 0.925. The summed E-state index contributed by atoms with van der Waals surface area (Å²) in [5.41, 5.74) is 2.38. The molecule has 1 aromatic rings. The van der Waals surface area contributed by atoms with Crippen LogP contribution >= 0.6 is 0 Å². The summed E-state index contributed by atoms with van der Waals surface area (Å²) in [6, 6.07) is 2.20. The molecule has 22 heavy (non-hydrogen) atoms. The lowest BCUT2D eigenvalue weighted by atomic mass is 9.86. The van der Waals surface area contributed by atoms with Crippen molar-refractivity contribution in [1.29, 1.82) is 0 Å². The minimum atomic E-state index is -0.339. The van der Waals surface area contributed by atoms with E-state index in [0.717, 1.165) is 30.0 Å². The van der Waals surface area contributed by atoms with Crippen LogP contribution in [0.25, 0.3) is 0 Å². The molecule has 0 amide bonds. The Morgan fingerprint density at radius 3 is 2.86 bits per heavy atom. The van der Waals surface area contributed by atoms with Crippen LogP contribution in [-0.4, -0.2) is 43.6 Å². The third-order valence-corrected chi connectivity index (χ3v) is 4.78. The van der Waals surface area contributed by atoms with Crippen molar-refractivity contribution in [3.8, 4) is 17.2 Å². The molecule has 0 aliphatic carbocycles. The second kappa shape index (κ2) is 5.97. The Hall–Kier alpha value is -1.46. The summed E-state index contributed by atoms with van der Waals surface area (Å²) in [4.78, 5) is 2.29. The molecule has 0 saturated carbocycles. The Kier molecular flexibility index (Phi) is 4.19. The molecule has 0 aromatic heterocycles. The van der Waals surface area contributed by atoms with Gasteiger partial charge < -0.3 is 19.3 Å². The molecule has 0 saturated heterocycles. The van der Waals surface area contributed by atoms with Crippen molar-refractivity contribution in [2.45, 2.75) is 38.8 Å². The third-order valence-electron chi connectivity index (χ3n) is 4.78. The molecule has 0 radical (unpaired) electrons. The predicted octanol–water partition coefficient (Wildman–Crippen LogP) is 2.36. The van der Waals surface area contributed by atoms with E-state index in [9.17, 15) is 5.11 Å².